The molecule has 15 heteroatoms. The van der Waals surface area contributed by atoms with E-state index in [4.69, 9.17) is 36.1 Å². The van der Waals surface area contributed by atoms with Crippen molar-refractivity contribution in [1.29, 1.82) is 0 Å². The van der Waals surface area contributed by atoms with E-state index >= 15 is 0 Å². The number of aliphatic carboxylic acids is 1. The Labute approximate surface area is 184 Å². The Morgan fingerprint density at radius 2 is 1.71 bits per heavy atom. The van der Waals surface area contributed by atoms with Gasteiger partial charge in [0, 0.05) is 18.8 Å². The summed E-state index contributed by atoms with van der Waals surface area (Å²) < 4.78 is 22.1. The number of aromatic nitrogens is 1. The first-order valence-electron chi connectivity index (χ1n) is 7.67. The molecule has 1 atom stereocenters. The molecule has 0 fully saturated rings. The van der Waals surface area contributed by atoms with E-state index in [1.54, 1.807) is 0 Å². The molecule has 0 aliphatic heterocycles. The van der Waals surface area contributed by atoms with Crippen molar-refractivity contribution >= 4 is 50.7 Å². The van der Waals surface area contributed by atoms with E-state index in [1.807, 2.05) is 0 Å². The number of hydrogen-bond acceptors (Lipinski definition) is 7. The molecular formula is C13H26N3NaO9P2. The molecule has 0 amide bonds. The van der Waals surface area contributed by atoms with Gasteiger partial charge in [0.25, 0.3) is 5.08 Å². The normalized spacial score (nSPS) is 13.0. The number of unbranched alkanes of at least 4 members (excludes halogenated alkanes) is 1. The van der Waals surface area contributed by atoms with Crippen LogP contribution in [0.1, 0.15) is 24.8 Å². The molecule has 0 aliphatic carbocycles. The number of aliphatic hydroxyl groups is 1. The Kier molecular flexibility index (Phi) is 14.1. The third-order valence-electron chi connectivity index (χ3n) is 3.38. The van der Waals surface area contributed by atoms with Crippen molar-refractivity contribution in [2.24, 2.45) is 11.5 Å². The second-order valence-electron chi connectivity index (χ2n) is 5.63. The van der Waals surface area contributed by atoms with Crippen LogP contribution in [0.5, 0.6) is 0 Å². The maximum atomic E-state index is 11.0. The Hall–Kier alpha value is -0.200. The van der Waals surface area contributed by atoms with Crippen LogP contribution in [0, 0.1) is 0 Å². The Bertz CT molecular complexity index is 661. The third-order valence-corrected chi connectivity index (χ3v) is 7.13. The van der Waals surface area contributed by atoms with Gasteiger partial charge in [0.2, 0.25) is 0 Å². The minimum absolute atomic E-state index is 0. The number of carboxylic acid groups (broad SMARTS) is 1. The zero-order chi connectivity index (χ0) is 21.3. The predicted molar refractivity (Wildman–Crippen MR) is 103 cm³/mol. The molecule has 1 aromatic rings. The molecule has 28 heavy (non-hydrogen) atoms. The van der Waals surface area contributed by atoms with Crippen LogP contribution < -0.4 is 11.5 Å². The zero-order valence-electron chi connectivity index (χ0n) is 14.3. The van der Waals surface area contributed by atoms with Gasteiger partial charge >= 0.3 is 50.7 Å². The van der Waals surface area contributed by atoms with E-state index in [1.165, 1.54) is 18.3 Å². The fourth-order valence-electron chi connectivity index (χ4n) is 1.78. The van der Waals surface area contributed by atoms with Crippen LogP contribution in [-0.2, 0) is 20.3 Å². The van der Waals surface area contributed by atoms with Gasteiger partial charge in [-0.2, -0.15) is 0 Å². The second-order valence-corrected chi connectivity index (χ2v) is 9.64. The summed E-state index contributed by atoms with van der Waals surface area (Å²) in [5.41, 5.74) is 10.5. The van der Waals surface area contributed by atoms with Crippen molar-refractivity contribution in [2.75, 3.05) is 6.54 Å². The molecule has 12 nitrogen and oxygen atoms in total. The number of hydrogen-bond donors (Lipinski definition) is 8. The van der Waals surface area contributed by atoms with Crippen LogP contribution in [0.3, 0.4) is 0 Å². The molecule has 1 heterocycles. The van der Waals surface area contributed by atoms with E-state index < -0.39 is 38.7 Å². The van der Waals surface area contributed by atoms with Gasteiger partial charge in [-0.15, -0.1) is 0 Å². The summed E-state index contributed by atoms with van der Waals surface area (Å²) in [4.78, 5) is 49.3. The van der Waals surface area contributed by atoms with E-state index in [0.717, 1.165) is 19.0 Å². The van der Waals surface area contributed by atoms with E-state index in [-0.39, 0.29) is 35.1 Å². The van der Waals surface area contributed by atoms with Gasteiger partial charge in [-0.05, 0) is 31.0 Å². The average Bonchev–Trinajstić information content (AvgIpc) is 2.54. The van der Waals surface area contributed by atoms with Crippen LogP contribution in [0.15, 0.2) is 24.5 Å². The van der Waals surface area contributed by atoms with Crippen molar-refractivity contribution in [3.63, 3.8) is 0 Å². The third kappa shape index (κ3) is 10.0. The quantitative estimate of drug-likeness (QED) is 0.121. The van der Waals surface area contributed by atoms with Gasteiger partial charge in [-0.25, -0.2) is 0 Å². The minimum atomic E-state index is -5.41. The SMILES string of the molecule is NCCCCC(N)C(=O)O.O=P(O)(O)C(O)(Cc1cccnc1)P(=O)(O)O.[NaH]. The molecule has 0 bridgehead atoms. The summed E-state index contributed by atoms with van der Waals surface area (Å²) >= 11 is 0. The number of carboxylic acids is 1. The molecule has 0 saturated carbocycles. The molecular weight excluding hydrogens is 427 g/mol. The van der Waals surface area contributed by atoms with Crippen molar-refractivity contribution in [3.8, 4) is 0 Å². The molecule has 0 radical (unpaired) electrons. The maximum absolute atomic E-state index is 11.0. The molecule has 158 valence electrons. The van der Waals surface area contributed by atoms with Gasteiger partial charge in [0.15, 0.2) is 0 Å². The zero-order valence-corrected chi connectivity index (χ0v) is 16.1. The second kappa shape index (κ2) is 13.2. The number of nitrogens with zero attached hydrogens (tertiary/aromatic N) is 1. The van der Waals surface area contributed by atoms with Crippen LogP contribution >= 0.6 is 15.2 Å². The van der Waals surface area contributed by atoms with Crippen molar-refractivity contribution < 1.29 is 43.7 Å². The number of carbonyl (C=O) groups is 1. The van der Waals surface area contributed by atoms with Crippen LogP contribution in [0.25, 0.3) is 0 Å². The molecule has 1 unspecified atom stereocenters. The summed E-state index contributed by atoms with van der Waals surface area (Å²) in [7, 11) is -10.8. The van der Waals surface area contributed by atoms with Gasteiger partial charge < -0.3 is 41.3 Å². The van der Waals surface area contributed by atoms with Crippen LogP contribution in [-0.4, -0.2) is 88.0 Å². The first-order chi connectivity index (χ1) is 12.3. The van der Waals surface area contributed by atoms with Crippen molar-refractivity contribution in [1.82, 2.24) is 4.98 Å². The monoisotopic (exact) mass is 453 g/mol. The number of rotatable bonds is 9. The van der Waals surface area contributed by atoms with Crippen molar-refractivity contribution in [2.45, 2.75) is 36.8 Å². The van der Waals surface area contributed by atoms with E-state index in [2.05, 4.69) is 4.98 Å². The number of pyridine rings is 1. The molecule has 0 saturated heterocycles. The van der Waals surface area contributed by atoms with E-state index in [9.17, 15) is 19.0 Å². The molecule has 0 spiro atoms. The van der Waals surface area contributed by atoms with Gasteiger partial charge in [0.05, 0.1) is 0 Å². The van der Waals surface area contributed by atoms with E-state index in [0.29, 0.717) is 13.0 Å². The standard InChI is InChI=1S/C7H11NO7P2.C6H14N2O2.Na.H/c9-7(16(10,11)12,17(13,14)15)4-6-2-1-3-8-5-6;7-4-2-1-3-5(8)6(9)10;;/h1-3,5,9H,4H2,(H2,10,11,12)(H2,13,14,15);5H,1-4,7-8H2,(H,9,10);;. The summed E-state index contributed by atoms with van der Waals surface area (Å²) in [6.07, 6.45) is 3.79. The fraction of sp³-hybridized carbons (Fsp3) is 0.538. The summed E-state index contributed by atoms with van der Waals surface area (Å²) in [5, 5.41) is 14.5. The first kappa shape index (κ1) is 30.0. The van der Waals surface area contributed by atoms with Gasteiger partial charge in [0.1, 0.15) is 6.04 Å². The van der Waals surface area contributed by atoms with Crippen molar-refractivity contribution in [3.05, 3.63) is 30.1 Å². The first-order valence-corrected chi connectivity index (χ1v) is 10.9. The summed E-state index contributed by atoms with van der Waals surface area (Å²) in [5.74, 6) is -0.933. The summed E-state index contributed by atoms with van der Waals surface area (Å²) in [6.45, 7) is 0.604. The Balaban J connectivity index is 0. The molecule has 0 aromatic carbocycles. The molecule has 10 N–H and O–H groups in total. The average molecular weight is 453 g/mol. The molecule has 1 aromatic heterocycles. The predicted octanol–water partition coefficient (Wildman–Crippen LogP) is -1.50. The Morgan fingerprint density at radius 3 is 2.07 bits per heavy atom. The Morgan fingerprint density at radius 1 is 1.18 bits per heavy atom. The topological polar surface area (TPSA) is 238 Å². The van der Waals surface area contributed by atoms with Crippen LogP contribution in [0.4, 0.5) is 0 Å². The van der Waals surface area contributed by atoms with Gasteiger partial charge in [-0.1, -0.05) is 12.5 Å². The van der Waals surface area contributed by atoms with Crippen LogP contribution in [0.2, 0.25) is 0 Å². The summed E-state index contributed by atoms with van der Waals surface area (Å²) in [6, 6.07) is 2.03. The molecule has 1 rings (SSSR count). The number of nitrogens with two attached hydrogens (primary N) is 2. The molecule has 0 aliphatic rings. The fourth-order valence-corrected chi connectivity index (χ4v) is 3.92. The van der Waals surface area contributed by atoms with Gasteiger partial charge in [-0.3, -0.25) is 18.9 Å².